The number of ether oxygens (including phenoxy) is 1. The van der Waals surface area contributed by atoms with Crippen LogP contribution in [0.25, 0.3) is 0 Å². The molecule has 0 radical (unpaired) electrons. The summed E-state index contributed by atoms with van der Waals surface area (Å²) >= 11 is 0. The molecule has 1 aromatic carbocycles. The average Bonchev–Trinajstić information content (AvgIpc) is 2.25. The molecule has 0 aliphatic carbocycles. The highest BCUT2D eigenvalue weighted by atomic mass is 16.5. The lowest BCUT2D eigenvalue weighted by molar-refractivity contribution is 0.183. The summed E-state index contributed by atoms with van der Waals surface area (Å²) in [7, 11) is 1.75. The Morgan fingerprint density at radius 1 is 1.33 bits per heavy atom. The van der Waals surface area contributed by atoms with Crippen molar-refractivity contribution in [2.75, 3.05) is 20.3 Å². The molecule has 1 rings (SSSR count). The minimum absolute atomic E-state index is 0.413. The van der Waals surface area contributed by atoms with Crippen molar-refractivity contribution in [1.82, 2.24) is 5.32 Å². The Balaban J connectivity index is 2.74. The van der Waals surface area contributed by atoms with Crippen LogP contribution in [-0.2, 0) is 4.74 Å². The normalized spacial score (nSPS) is 12.7. The van der Waals surface area contributed by atoms with Gasteiger partial charge in [0.1, 0.15) is 0 Å². The van der Waals surface area contributed by atoms with Crippen LogP contribution in [0, 0.1) is 6.92 Å². The first-order valence-electron chi connectivity index (χ1n) is 5.57. The number of rotatable bonds is 6. The molecule has 0 spiro atoms. The summed E-state index contributed by atoms with van der Waals surface area (Å²) in [5, 5.41) is 3.49. The summed E-state index contributed by atoms with van der Waals surface area (Å²) in [4.78, 5) is 0. The number of benzene rings is 1. The minimum Gasteiger partial charge on any atom is -0.385 e. The molecule has 1 unspecified atom stereocenters. The first-order valence-corrected chi connectivity index (χ1v) is 5.57. The average molecular weight is 207 g/mol. The van der Waals surface area contributed by atoms with Gasteiger partial charge in [0.2, 0.25) is 0 Å². The first kappa shape index (κ1) is 12.2. The Morgan fingerprint density at radius 2 is 2.07 bits per heavy atom. The van der Waals surface area contributed by atoms with E-state index in [0.29, 0.717) is 6.04 Å². The molecule has 15 heavy (non-hydrogen) atoms. The Kier molecular flexibility index (Phi) is 5.37. The third kappa shape index (κ3) is 3.65. The highest BCUT2D eigenvalue weighted by Gasteiger charge is 2.11. The van der Waals surface area contributed by atoms with Crippen molar-refractivity contribution >= 4 is 0 Å². The van der Waals surface area contributed by atoms with Crippen LogP contribution < -0.4 is 5.32 Å². The molecule has 0 heterocycles. The fourth-order valence-electron chi connectivity index (χ4n) is 1.83. The van der Waals surface area contributed by atoms with Gasteiger partial charge in [-0.1, -0.05) is 31.2 Å². The summed E-state index contributed by atoms with van der Waals surface area (Å²) < 4.78 is 5.14. The predicted molar refractivity (Wildman–Crippen MR) is 64.1 cm³/mol. The highest BCUT2D eigenvalue weighted by Crippen LogP contribution is 2.20. The van der Waals surface area contributed by atoms with E-state index < -0.39 is 0 Å². The van der Waals surface area contributed by atoms with E-state index >= 15 is 0 Å². The van der Waals surface area contributed by atoms with E-state index in [9.17, 15) is 0 Å². The lowest BCUT2D eigenvalue weighted by Gasteiger charge is -2.19. The Morgan fingerprint density at radius 3 is 2.67 bits per heavy atom. The molecule has 84 valence electrons. The van der Waals surface area contributed by atoms with Crippen LogP contribution in [0.2, 0.25) is 0 Å². The second-order valence-electron chi connectivity index (χ2n) is 3.75. The molecular formula is C13H21NO. The standard InChI is InChI=1S/C13H21NO/c1-4-14-13(9-10-15-3)12-8-6-5-7-11(12)2/h5-8,13-14H,4,9-10H2,1-3H3. The zero-order valence-corrected chi connectivity index (χ0v) is 9.92. The summed E-state index contributed by atoms with van der Waals surface area (Å²) in [6.07, 6.45) is 1.02. The molecule has 0 aromatic heterocycles. The predicted octanol–water partition coefficient (Wildman–Crippen LogP) is 2.68. The van der Waals surface area contributed by atoms with Gasteiger partial charge in [-0.25, -0.2) is 0 Å². The van der Waals surface area contributed by atoms with Crippen molar-refractivity contribution in [3.05, 3.63) is 35.4 Å². The van der Waals surface area contributed by atoms with Crippen LogP contribution in [0.15, 0.2) is 24.3 Å². The van der Waals surface area contributed by atoms with Gasteiger partial charge >= 0.3 is 0 Å². The van der Waals surface area contributed by atoms with Gasteiger partial charge in [-0.05, 0) is 31.0 Å². The molecule has 1 N–H and O–H groups in total. The molecule has 0 aliphatic heterocycles. The second-order valence-corrected chi connectivity index (χ2v) is 3.75. The van der Waals surface area contributed by atoms with Crippen LogP contribution in [-0.4, -0.2) is 20.3 Å². The quantitative estimate of drug-likeness (QED) is 0.774. The molecule has 0 aliphatic rings. The van der Waals surface area contributed by atoms with Crippen molar-refractivity contribution in [1.29, 1.82) is 0 Å². The molecule has 0 fully saturated rings. The van der Waals surface area contributed by atoms with Gasteiger partial charge in [-0.2, -0.15) is 0 Å². The largest absolute Gasteiger partial charge is 0.385 e. The number of nitrogens with one attached hydrogen (secondary N) is 1. The van der Waals surface area contributed by atoms with Crippen molar-refractivity contribution in [3.63, 3.8) is 0 Å². The maximum absolute atomic E-state index is 5.14. The van der Waals surface area contributed by atoms with Crippen molar-refractivity contribution < 1.29 is 4.74 Å². The lowest BCUT2D eigenvalue weighted by atomic mass is 9.99. The maximum Gasteiger partial charge on any atom is 0.0480 e. The van der Waals surface area contributed by atoms with E-state index in [0.717, 1.165) is 19.6 Å². The van der Waals surface area contributed by atoms with E-state index in [1.54, 1.807) is 7.11 Å². The SMILES string of the molecule is CCNC(CCOC)c1ccccc1C. The van der Waals surface area contributed by atoms with E-state index in [2.05, 4.69) is 43.4 Å². The Hall–Kier alpha value is -0.860. The fourth-order valence-corrected chi connectivity index (χ4v) is 1.83. The van der Waals surface area contributed by atoms with E-state index in [-0.39, 0.29) is 0 Å². The van der Waals surface area contributed by atoms with Gasteiger partial charge in [0, 0.05) is 19.8 Å². The highest BCUT2D eigenvalue weighted by molar-refractivity contribution is 5.28. The summed E-state index contributed by atoms with van der Waals surface area (Å²) in [6, 6.07) is 8.94. The molecule has 2 nitrogen and oxygen atoms in total. The van der Waals surface area contributed by atoms with Gasteiger partial charge in [0.25, 0.3) is 0 Å². The van der Waals surface area contributed by atoms with Crippen molar-refractivity contribution in [2.24, 2.45) is 0 Å². The number of methoxy groups -OCH3 is 1. The fraction of sp³-hybridized carbons (Fsp3) is 0.538. The van der Waals surface area contributed by atoms with Crippen molar-refractivity contribution in [3.8, 4) is 0 Å². The molecular weight excluding hydrogens is 186 g/mol. The molecule has 2 heteroatoms. The van der Waals surface area contributed by atoms with Crippen LogP contribution in [0.5, 0.6) is 0 Å². The topological polar surface area (TPSA) is 21.3 Å². The van der Waals surface area contributed by atoms with Crippen LogP contribution in [0.3, 0.4) is 0 Å². The molecule has 0 bridgehead atoms. The van der Waals surface area contributed by atoms with Crippen molar-refractivity contribution in [2.45, 2.75) is 26.3 Å². The molecule has 0 saturated carbocycles. The van der Waals surface area contributed by atoms with E-state index in [4.69, 9.17) is 4.74 Å². The first-order chi connectivity index (χ1) is 7.29. The summed E-state index contributed by atoms with van der Waals surface area (Å²) in [5.74, 6) is 0. The third-order valence-corrected chi connectivity index (χ3v) is 2.63. The molecule has 1 atom stereocenters. The molecule has 1 aromatic rings. The van der Waals surface area contributed by atoms with Gasteiger partial charge in [-0.3, -0.25) is 0 Å². The Bertz CT molecular complexity index is 286. The van der Waals surface area contributed by atoms with E-state index in [1.165, 1.54) is 11.1 Å². The Labute approximate surface area is 92.6 Å². The minimum atomic E-state index is 0.413. The zero-order valence-electron chi connectivity index (χ0n) is 9.92. The summed E-state index contributed by atoms with van der Waals surface area (Å²) in [6.45, 7) is 6.08. The van der Waals surface area contributed by atoms with Gasteiger partial charge in [0.05, 0.1) is 0 Å². The van der Waals surface area contributed by atoms with Gasteiger partial charge < -0.3 is 10.1 Å². The number of hydrogen-bond acceptors (Lipinski definition) is 2. The summed E-state index contributed by atoms with van der Waals surface area (Å²) in [5.41, 5.74) is 2.73. The third-order valence-electron chi connectivity index (χ3n) is 2.63. The van der Waals surface area contributed by atoms with Gasteiger partial charge in [-0.15, -0.1) is 0 Å². The number of aryl methyl sites for hydroxylation is 1. The molecule has 0 saturated heterocycles. The zero-order chi connectivity index (χ0) is 11.1. The van der Waals surface area contributed by atoms with Crippen LogP contribution in [0.4, 0.5) is 0 Å². The van der Waals surface area contributed by atoms with Gasteiger partial charge in [0.15, 0.2) is 0 Å². The monoisotopic (exact) mass is 207 g/mol. The van der Waals surface area contributed by atoms with Crippen LogP contribution >= 0.6 is 0 Å². The number of hydrogen-bond donors (Lipinski definition) is 1. The molecule has 0 amide bonds. The van der Waals surface area contributed by atoms with Crippen LogP contribution in [0.1, 0.15) is 30.5 Å². The smallest absolute Gasteiger partial charge is 0.0480 e. The van der Waals surface area contributed by atoms with E-state index in [1.807, 2.05) is 0 Å². The second kappa shape index (κ2) is 6.59. The maximum atomic E-state index is 5.14. The lowest BCUT2D eigenvalue weighted by Crippen LogP contribution is -2.22.